The number of Topliss-reactive ketones (excluding diaryl/α,β-unsaturated/α-hetero) is 1. The second-order valence-corrected chi connectivity index (χ2v) is 3.96. The van der Waals surface area contributed by atoms with Crippen LogP contribution >= 0.6 is 0 Å². The van der Waals surface area contributed by atoms with E-state index in [0.717, 1.165) is 0 Å². The third-order valence-electron chi connectivity index (χ3n) is 2.26. The van der Waals surface area contributed by atoms with Crippen molar-refractivity contribution in [1.82, 2.24) is 0 Å². The predicted octanol–water partition coefficient (Wildman–Crippen LogP) is 3.20. The number of hydrogen-bond donors (Lipinski definition) is 0. The molecule has 0 aliphatic carbocycles. The van der Waals surface area contributed by atoms with Crippen molar-refractivity contribution in [2.24, 2.45) is 0 Å². The van der Waals surface area contributed by atoms with E-state index >= 15 is 0 Å². The average Bonchev–Trinajstić information content (AvgIpc) is 2.23. The zero-order chi connectivity index (χ0) is 13.9. The van der Waals surface area contributed by atoms with Gasteiger partial charge in [0.1, 0.15) is 19.0 Å². The van der Waals surface area contributed by atoms with Crippen LogP contribution < -0.4 is 0 Å². The monoisotopic (exact) mass is 264 g/mol. The number of rotatable bonds is 4. The van der Waals surface area contributed by atoms with Crippen LogP contribution in [0.3, 0.4) is 0 Å². The molecular formula is C12H12F4O2. The molecule has 0 atom stereocenters. The number of hydrogen-bond acceptors (Lipinski definition) is 2. The summed E-state index contributed by atoms with van der Waals surface area (Å²) in [5.41, 5.74) is 0.692. The number of ketones is 1. The fourth-order valence-electron chi connectivity index (χ4n) is 1.45. The van der Waals surface area contributed by atoms with Gasteiger partial charge in [0.25, 0.3) is 0 Å². The summed E-state index contributed by atoms with van der Waals surface area (Å²) in [6.45, 7) is 0.813. The van der Waals surface area contributed by atoms with Gasteiger partial charge in [-0.2, -0.15) is 13.2 Å². The second kappa shape index (κ2) is 5.48. The van der Waals surface area contributed by atoms with Crippen LogP contribution in [0, 0.1) is 19.7 Å². The Bertz CT molecular complexity index is 429. The molecule has 0 unspecified atom stereocenters. The number of carbonyl (C=O) groups is 1. The zero-order valence-corrected chi connectivity index (χ0v) is 9.90. The Morgan fingerprint density at radius 3 is 2.17 bits per heavy atom. The molecule has 0 aromatic heterocycles. The van der Waals surface area contributed by atoms with E-state index in [0.29, 0.717) is 0 Å². The maximum Gasteiger partial charge on any atom is 0.411 e. The van der Waals surface area contributed by atoms with Crippen LogP contribution in [0.25, 0.3) is 0 Å². The number of aryl methyl sites for hydroxylation is 2. The van der Waals surface area contributed by atoms with Gasteiger partial charge in [-0.3, -0.25) is 4.79 Å². The molecule has 0 bridgehead atoms. The number of carbonyl (C=O) groups excluding carboxylic acids is 1. The smallest absolute Gasteiger partial charge is 0.364 e. The van der Waals surface area contributed by atoms with Gasteiger partial charge in [0.2, 0.25) is 0 Å². The van der Waals surface area contributed by atoms with Crippen LogP contribution in [0.5, 0.6) is 0 Å². The molecule has 0 spiro atoms. The fourth-order valence-corrected chi connectivity index (χ4v) is 1.45. The average molecular weight is 264 g/mol. The molecule has 6 heteroatoms. The lowest BCUT2D eigenvalue weighted by Gasteiger charge is -2.08. The normalized spacial score (nSPS) is 11.7. The van der Waals surface area contributed by atoms with E-state index < -0.39 is 31.0 Å². The van der Waals surface area contributed by atoms with E-state index in [9.17, 15) is 22.4 Å². The summed E-state index contributed by atoms with van der Waals surface area (Å²) in [4.78, 5) is 11.5. The van der Waals surface area contributed by atoms with Gasteiger partial charge in [-0.1, -0.05) is 0 Å². The highest BCUT2D eigenvalue weighted by atomic mass is 19.4. The van der Waals surface area contributed by atoms with E-state index in [1.807, 2.05) is 0 Å². The Balaban J connectivity index is 2.68. The highest BCUT2D eigenvalue weighted by Gasteiger charge is 2.27. The number of alkyl halides is 3. The summed E-state index contributed by atoms with van der Waals surface area (Å²) in [6.07, 6.45) is -4.46. The molecule has 1 aromatic carbocycles. The van der Waals surface area contributed by atoms with Crippen LogP contribution in [0.2, 0.25) is 0 Å². The molecule has 1 aromatic rings. The Morgan fingerprint density at radius 2 is 1.72 bits per heavy atom. The summed E-state index contributed by atoms with van der Waals surface area (Å²) in [5.74, 6) is -1.03. The Labute approximate surface area is 102 Å². The van der Waals surface area contributed by atoms with E-state index in [-0.39, 0.29) is 16.7 Å². The Hall–Kier alpha value is -1.43. The quantitative estimate of drug-likeness (QED) is 0.616. The van der Waals surface area contributed by atoms with Gasteiger partial charge in [0, 0.05) is 5.56 Å². The first-order valence-corrected chi connectivity index (χ1v) is 5.15. The fraction of sp³-hybridized carbons (Fsp3) is 0.417. The van der Waals surface area contributed by atoms with Crippen molar-refractivity contribution in [3.8, 4) is 0 Å². The molecule has 0 heterocycles. The number of halogens is 4. The van der Waals surface area contributed by atoms with Crippen LogP contribution in [0.15, 0.2) is 12.1 Å². The van der Waals surface area contributed by atoms with Crippen molar-refractivity contribution < 1.29 is 27.1 Å². The van der Waals surface area contributed by atoms with Crippen molar-refractivity contribution in [2.75, 3.05) is 13.2 Å². The van der Waals surface area contributed by atoms with Crippen molar-refractivity contribution >= 4 is 5.78 Å². The first kappa shape index (κ1) is 14.6. The first-order valence-electron chi connectivity index (χ1n) is 5.15. The van der Waals surface area contributed by atoms with E-state index in [1.54, 1.807) is 0 Å². The van der Waals surface area contributed by atoms with Crippen molar-refractivity contribution in [3.05, 3.63) is 34.6 Å². The summed E-state index contributed by atoms with van der Waals surface area (Å²) in [5, 5.41) is 0. The summed E-state index contributed by atoms with van der Waals surface area (Å²) < 4.78 is 53.0. The van der Waals surface area contributed by atoms with Gasteiger partial charge in [0.05, 0.1) is 0 Å². The van der Waals surface area contributed by atoms with E-state index in [1.165, 1.54) is 26.0 Å². The molecule has 18 heavy (non-hydrogen) atoms. The first-order chi connectivity index (χ1) is 8.20. The topological polar surface area (TPSA) is 26.3 Å². The van der Waals surface area contributed by atoms with Gasteiger partial charge in [-0.05, 0) is 37.1 Å². The molecule has 0 amide bonds. The maximum atomic E-state index is 13.3. The molecule has 0 saturated heterocycles. The molecule has 0 aliphatic heterocycles. The third kappa shape index (κ3) is 4.10. The van der Waals surface area contributed by atoms with E-state index in [2.05, 4.69) is 4.74 Å². The number of benzene rings is 1. The lowest BCUT2D eigenvalue weighted by atomic mass is 10.0. The summed E-state index contributed by atoms with van der Waals surface area (Å²) in [7, 11) is 0. The second-order valence-electron chi connectivity index (χ2n) is 3.96. The summed E-state index contributed by atoms with van der Waals surface area (Å²) in [6, 6.07) is 2.59. The molecule has 0 radical (unpaired) electrons. The minimum atomic E-state index is -4.46. The molecule has 1 rings (SSSR count). The van der Waals surface area contributed by atoms with Crippen molar-refractivity contribution in [2.45, 2.75) is 20.0 Å². The Kier molecular flexibility index (Phi) is 4.45. The molecule has 2 nitrogen and oxygen atoms in total. The highest BCUT2D eigenvalue weighted by molar-refractivity contribution is 5.97. The van der Waals surface area contributed by atoms with Crippen LogP contribution in [-0.4, -0.2) is 25.2 Å². The SMILES string of the molecule is Cc1cc(C(=O)COCC(F)(F)F)cc(C)c1F. The van der Waals surface area contributed by atoms with Crippen LogP contribution in [-0.2, 0) is 4.74 Å². The molecule has 0 fully saturated rings. The zero-order valence-electron chi connectivity index (χ0n) is 9.90. The van der Waals surface area contributed by atoms with Gasteiger partial charge < -0.3 is 4.74 Å². The van der Waals surface area contributed by atoms with Crippen molar-refractivity contribution in [1.29, 1.82) is 0 Å². The minimum Gasteiger partial charge on any atom is -0.364 e. The number of ether oxygens (including phenoxy) is 1. The van der Waals surface area contributed by atoms with Gasteiger partial charge >= 0.3 is 6.18 Å². The lowest BCUT2D eigenvalue weighted by molar-refractivity contribution is -0.170. The van der Waals surface area contributed by atoms with E-state index in [4.69, 9.17) is 0 Å². The Morgan fingerprint density at radius 1 is 1.22 bits per heavy atom. The predicted molar refractivity (Wildman–Crippen MR) is 57.1 cm³/mol. The van der Waals surface area contributed by atoms with Gasteiger partial charge in [0.15, 0.2) is 5.78 Å². The highest BCUT2D eigenvalue weighted by Crippen LogP contribution is 2.17. The minimum absolute atomic E-state index is 0.147. The summed E-state index contributed by atoms with van der Waals surface area (Å²) >= 11 is 0. The molecule has 0 aliphatic rings. The van der Waals surface area contributed by atoms with Crippen LogP contribution in [0.1, 0.15) is 21.5 Å². The largest absolute Gasteiger partial charge is 0.411 e. The molecule has 0 N–H and O–H groups in total. The maximum absolute atomic E-state index is 13.3. The van der Waals surface area contributed by atoms with Gasteiger partial charge in [-0.25, -0.2) is 4.39 Å². The molecule has 0 saturated carbocycles. The standard InChI is InChI=1S/C12H12F4O2/c1-7-3-9(4-8(2)11(7)13)10(17)5-18-6-12(14,15)16/h3-4H,5-6H2,1-2H3. The van der Waals surface area contributed by atoms with Crippen LogP contribution in [0.4, 0.5) is 17.6 Å². The third-order valence-corrected chi connectivity index (χ3v) is 2.26. The molecular weight excluding hydrogens is 252 g/mol. The lowest BCUT2D eigenvalue weighted by Crippen LogP contribution is -2.20. The molecule has 100 valence electrons. The van der Waals surface area contributed by atoms with Gasteiger partial charge in [-0.15, -0.1) is 0 Å². The van der Waals surface area contributed by atoms with Crippen molar-refractivity contribution in [3.63, 3.8) is 0 Å².